The number of carbonyl (C=O) groups is 1. The van der Waals surface area contributed by atoms with E-state index in [1.165, 1.54) is 32.1 Å². The maximum atomic E-state index is 10.00. The van der Waals surface area contributed by atoms with Crippen molar-refractivity contribution in [3.63, 3.8) is 0 Å². The number of hydrogen-bond donors (Lipinski definition) is 1. The lowest BCUT2D eigenvalue weighted by atomic mass is 9.81. The molecule has 2 heteroatoms. The van der Waals surface area contributed by atoms with Gasteiger partial charge in [-0.15, -0.1) is 0 Å². The Balaban J connectivity index is 2.09. The second-order valence-electron chi connectivity index (χ2n) is 4.00. The van der Waals surface area contributed by atoms with Crippen LogP contribution in [0.3, 0.4) is 0 Å². The summed E-state index contributed by atoms with van der Waals surface area (Å²) in [4.78, 5) is 10.00. The summed E-state index contributed by atoms with van der Waals surface area (Å²) < 4.78 is 0. The Kier molecular flexibility index (Phi) is 4.12. The molecule has 2 unspecified atom stereocenters. The summed E-state index contributed by atoms with van der Waals surface area (Å²) in [6.07, 6.45) is 7.48. The van der Waals surface area contributed by atoms with Crippen LogP contribution in [0.5, 0.6) is 0 Å². The molecule has 0 aliphatic heterocycles. The van der Waals surface area contributed by atoms with Gasteiger partial charge < -0.3 is 5.32 Å². The summed E-state index contributed by atoms with van der Waals surface area (Å²) in [5.74, 6) is 1.76. The number of nitrogens with one attached hydrogen (secondary N) is 1. The minimum absolute atomic E-state index is 0.798. The van der Waals surface area contributed by atoms with Crippen LogP contribution in [-0.4, -0.2) is 13.0 Å². The summed E-state index contributed by atoms with van der Waals surface area (Å²) in [5, 5.41) is 2.73. The van der Waals surface area contributed by atoms with Crippen LogP contribution < -0.4 is 5.32 Å². The van der Waals surface area contributed by atoms with E-state index >= 15 is 0 Å². The van der Waals surface area contributed by atoms with Crippen molar-refractivity contribution in [2.75, 3.05) is 6.54 Å². The van der Waals surface area contributed by atoms with Crippen molar-refractivity contribution in [1.29, 1.82) is 0 Å². The molecule has 0 aromatic carbocycles. The molecular formula is C10H19NO. The van der Waals surface area contributed by atoms with Gasteiger partial charge >= 0.3 is 0 Å². The Bertz CT molecular complexity index is 136. The number of amides is 1. The first-order chi connectivity index (χ1) is 5.83. The van der Waals surface area contributed by atoms with Crippen molar-refractivity contribution in [3.05, 3.63) is 0 Å². The number of rotatable bonds is 4. The van der Waals surface area contributed by atoms with Gasteiger partial charge in [-0.1, -0.05) is 26.2 Å². The maximum Gasteiger partial charge on any atom is 0.207 e. The fourth-order valence-corrected chi connectivity index (χ4v) is 2.17. The average Bonchev–Trinajstić information content (AvgIpc) is 2.05. The molecule has 0 spiro atoms. The summed E-state index contributed by atoms with van der Waals surface area (Å²) >= 11 is 0. The van der Waals surface area contributed by atoms with Crippen LogP contribution in [0.25, 0.3) is 0 Å². The minimum atomic E-state index is 0.798. The Morgan fingerprint density at radius 2 is 2.33 bits per heavy atom. The fraction of sp³-hybridized carbons (Fsp3) is 0.900. The van der Waals surface area contributed by atoms with E-state index < -0.39 is 0 Å². The molecule has 1 amide bonds. The molecule has 1 aliphatic rings. The van der Waals surface area contributed by atoms with Gasteiger partial charge in [-0.2, -0.15) is 0 Å². The highest BCUT2D eigenvalue weighted by molar-refractivity contribution is 5.45. The van der Waals surface area contributed by atoms with E-state index in [1.807, 2.05) is 0 Å². The zero-order valence-corrected chi connectivity index (χ0v) is 7.88. The van der Waals surface area contributed by atoms with E-state index in [-0.39, 0.29) is 0 Å². The molecule has 1 rings (SSSR count). The van der Waals surface area contributed by atoms with E-state index in [0.717, 1.165) is 24.8 Å². The van der Waals surface area contributed by atoms with Crippen molar-refractivity contribution >= 4 is 6.41 Å². The molecule has 0 heterocycles. The molecule has 1 saturated carbocycles. The molecular weight excluding hydrogens is 150 g/mol. The normalized spacial score (nSPS) is 29.8. The number of carbonyl (C=O) groups excluding carboxylic acids is 1. The highest BCUT2D eigenvalue weighted by Gasteiger charge is 2.17. The first-order valence-electron chi connectivity index (χ1n) is 5.00. The lowest BCUT2D eigenvalue weighted by Gasteiger charge is -2.26. The van der Waals surface area contributed by atoms with E-state index in [4.69, 9.17) is 0 Å². The molecule has 1 aliphatic carbocycles. The topological polar surface area (TPSA) is 29.1 Å². The summed E-state index contributed by atoms with van der Waals surface area (Å²) in [6, 6.07) is 0. The van der Waals surface area contributed by atoms with Crippen molar-refractivity contribution < 1.29 is 4.79 Å². The lowest BCUT2D eigenvalue weighted by Crippen LogP contribution is -2.20. The Hall–Kier alpha value is -0.530. The van der Waals surface area contributed by atoms with Crippen LogP contribution in [0.4, 0.5) is 0 Å². The summed E-state index contributed by atoms with van der Waals surface area (Å²) in [6.45, 7) is 3.19. The zero-order valence-electron chi connectivity index (χ0n) is 7.88. The molecule has 0 saturated heterocycles. The standard InChI is InChI=1S/C10H19NO/c1-9-3-2-4-10(7-9)5-6-11-8-12/h8-10H,2-7H2,1H3,(H,11,12). The maximum absolute atomic E-state index is 10.00. The summed E-state index contributed by atoms with van der Waals surface area (Å²) in [5.41, 5.74) is 0. The monoisotopic (exact) mass is 169 g/mol. The Morgan fingerprint density at radius 3 is 3.00 bits per heavy atom. The SMILES string of the molecule is CC1CCCC(CCNC=O)C1. The van der Waals surface area contributed by atoms with Crippen LogP contribution in [0.2, 0.25) is 0 Å². The third-order valence-electron chi connectivity index (χ3n) is 2.83. The average molecular weight is 169 g/mol. The molecule has 1 fully saturated rings. The molecule has 2 atom stereocenters. The second kappa shape index (κ2) is 5.18. The van der Waals surface area contributed by atoms with Crippen LogP contribution in [-0.2, 0) is 4.79 Å². The van der Waals surface area contributed by atoms with Gasteiger partial charge in [0.05, 0.1) is 0 Å². The minimum Gasteiger partial charge on any atom is -0.359 e. The third kappa shape index (κ3) is 3.24. The summed E-state index contributed by atoms with van der Waals surface area (Å²) in [7, 11) is 0. The highest BCUT2D eigenvalue weighted by Crippen LogP contribution is 2.30. The van der Waals surface area contributed by atoms with E-state index in [0.29, 0.717) is 0 Å². The lowest BCUT2D eigenvalue weighted by molar-refractivity contribution is -0.109. The molecule has 12 heavy (non-hydrogen) atoms. The predicted octanol–water partition coefficient (Wildman–Crippen LogP) is 1.95. The second-order valence-corrected chi connectivity index (χ2v) is 4.00. The Labute approximate surface area is 74.7 Å². The Morgan fingerprint density at radius 1 is 1.50 bits per heavy atom. The van der Waals surface area contributed by atoms with Gasteiger partial charge in [0.15, 0.2) is 0 Å². The predicted molar refractivity (Wildman–Crippen MR) is 49.8 cm³/mol. The molecule has 0 aromatic heterocycles. The quantitative estimate of drug-likeness (QED) is 0.506. The van der Waals surface area contributed by atoms with E-state index in [2.05, 4.69) is 12.2 Å². The van der Waals surface area contributed by atoms with Gasteiger partial charge in [-0.05, 0) is 24.7 Å². The van der Waals surface area contributed by atoms with Crippen molar-refractivity contribution in [1.82, 2.24) is 5.32 Å². The van der Waals surface area contributed by atoms with Crippen LogP contribution in [0.1, 0.15) is 39.0 Å². The molecule has 70 valence electrons. The van der Waals surface area contributed by atoms with Crippen LogP contribution >= 0.6 is 0 Å². The van der Waals surface area contributed by atoms with Crippen LogP contribution in [0, 0.1) is 11.8 Å². The first-order valence-corrected chi connectivity index (χ1v) is 5.00. The molecule has 1 N–H and O–H groups in total. The highest BCUT2D eigenvalue weighted by atomic mass is 16.1. The zero-order chi connectivity index (χ0) is 8.81. The van der Waals surface area contributed by atoms with Crippen LogP contribution in [0.15, 0.2) is 0 Å². The smallest absolute Gasteiger partial charge is 0.207 e. The molecule has 0 bridgehead atoms. The van der Waals surface area contributed by atoms with E-state index in [9.17, 15) is 4.79 Å². The third-order valence-corrected chi connectivity index (χ3v) is 2.83. The van der Waals surface area contributed by atoms with E-state index in [1.54, 1.807) is 0 Å². The van der Waals surface area contributed by atoms with Gasteiger partial charge in [0.1, 0.15) is 0 Å². The first kappa shape index (κ1) is 9.56. The van der Waals surface area contributed by atoms with Gasteiger partial charge in [0.25, 0.3) is 0 Å². The van der Waals surface area contributed by atoms with Crippen molar-refractivity contribution in [2.24, 2.45) is 11.8 Å². The molecule has 2 nitrogen and oxygen atoms in total. The van der Waals surface area contributed by atoms with Gasteiger partial charge in [0, 0.05) is 6.54 Å². The number of hydrogen-bond acceptors (Lipinski definition) is 1. The van der Waals surface area contributed by atoms with Gasteiger partial charge in [-0.25, -0.2) is 0 Å². The fourth-order valence-electron chi connectivity index (χ4n) is 2.17. The van der Waals surface area contributed by atoms with Crippen molar-refractivity contribution in [3.8, 4) is 0 Å². The largest absolute Gasteiger partial charge is 0.359 e. The van der Waals surface area contributed by atoms with Gasteiger partial charge in [0.2, 0.25) is 6.41 Å². The molecule has 0 aromatic rings. The van der Waals surface area contributed by atoms with Gasteiger partial charge in [-0.3, -0.25) is 4.79 Å². The van der Waals surface area contributed by atoms with Crippen molar-refractivity contribution in [2.45, 2.75) is 39.0 Å². The molecule has 0 radical (unpaired) electrons.